The lowest BCUT2D eigenvalue weighted by Crippen LogP contribution is -2.38. The van der Waals surface area contributed by atoms with Gasteiger partial charge < -0.3 is 15.3 Å². The molecule has 2 aromatic rings. The first-order valence-electron chi connectivity index (χ1n) is 8.17. The first-order valence-corrected chi connectivity index (χ1v) is 8.17. The third kappa shape index (κ3) is 4.35. The minimum absolute atomic E-state index is 0.151. The summed E-state index contributed by atoms with van der Waals surface area (Å²) in [7, 11) is 1.73. The van der Waals surface area contributed by atoms with Crippen molar-refractivity contribution in [2.45, 2.75) is 39.8 Å². The fourth-order valence-corrected chi connectivity index (χ4v) is 2.53. The molecule has 1 heterocycles. The van der Waals surface area contributed by atoms with Crippen molar-refractivity contribution in [1.82, 2.24) is 20.0 Å². The summed E-state index contributed by atoms with van der Waals surface area (Å²) in [6, 6.07) is 9.78. The van der Waals surface area contributed by atoms with Crippen molar-refractivity contribution in [2.24, 2.45) is 0 Å². The Bertz CT molecular complexity index is 680. The topological polar surface area (TPSA) is 70.4 Å². The largest absolute Gasteiger partial charge is 0.393 e. The molecule has 1 aromatic carbocycles. The fourth-order valence-electron chi connectivity index (χ4n) is 2.53. The molecule has 0 radical (unpaired) electrons. The summed E-state index contributed by atoms with van der Waals surface area (Å²) in [6.07, 6.45) is 0.155. The highest BCUT2D eigenvalue weighted by Gasteiger charge is 2.15. The van der Waals surface area contributed by atoms with E-state index in [4.69, 9.17) is 0 Å². The summed E-state index contributed by atoms with van der Waals surface area (Å²) in [6.45, 7) is 6.63. The van der Waals surface area contributed by atoms with Crippen LogP contribution in [0.15, 0.2) is 30.3 Å². The lowest BCUT2D eigenvalue weighted by molar-refractivity contribution is 0.163. The normalized spacial score (nSPS) is 12.0. The molecule has 130 valence electrons. The Morgan fingerprint density at radius 2 is 2.00 bits per heavy atom. The maximum atomic E-state index is 12.1. The van der Waals surface area contributed by atoms with Crippen LogP contribution in [0.1, 0.15) is 30.3 Å². The number of aliphatic hydroxyl groups is 1. The van der Waals surface area contributed by atoms with E-state index in [1.54, 1.807) is 18.9 Å². The molecule has 0 aliphatic rings. The van der Waals surface area contributed by atoms with Crippen molar-refractivity contribution in [3.8, 4) is 5.69 Å². The second-order valence-corrected chi connectivity index (χ2v) is 6.11. The van der Waals surface area contributed by atoms with Crippen LogP contribution < -0.4 is 5.32 Å². The number of nitrogens with zero attached hydrogens (tertiary/aromatic N) is 3. The number of hydrogen-bond donors (Lipinski definition) is 2. The van der Waals surface area contributed by atoms with Crippen molar-refractivity contribution in [2.75, 3.05) is 13.6 Å². The Labute approximate surface area is 143 Å². The van der Waals surface area contributed by atoms with Crippen LogP contribution in [0, 0.1) is 13.8 Å². The first-order chi connectivity index (χ1) is 11.4. The van der Waals surface area contributed by atoms with Crippen LogP contribution in [-0.4, -0.2) is 45.5 Å². The van der Waals surface area contributed by atoms with Crippen molar-refractivity contribution < 1.29 is 9.90 Å². The van der Waals surface area contributed by atoms with Crippen LogP contribution in [0.5, 0.6) is 0 Å². The van der Waals surface area contributed by atoms with Crippen LogP contribution in [0.25, 0.3) is 5.69 Å². The summed E-state index contributed by atoms with van der Waals surface area (Å²) in [5.74, 6) is 0. The second kappa shape index (κ2) is 7.97. The number of nitrogens with one attached hydrogen (secondary N) is 1. The highest BCUT2D eigenvalue weighted by Crippen LogP contribution is 2.17. The second-order valence-electron chi connectivity index (χ2n) is 6.11. The molecule has 2 rings (SSSR count). The van der Waals surface area contributed by atoms with E-state index in [0.29, 0.717) is 19.5 Å². The lowest BCUT2D eigenvalue weighted by Gasteiger charge is -2.18. The van der Waals surface area contributed by atoms with Gasteiger partial charge in [-0.2, -0.15) is 5.10 Å². The van der Waals surface area contributed by atoms with Gasteiger partial charge in [0.2, 0.25) is 0 Å². The van der Waals surface area contributed by atoms with E-state index in [1.807, 2.05) is 48.9 Å². The van der Waals surface area contributed by atoms with Gasteiger partial charge in [-0.15, -0.1) is 0 Å². The Hall–Kier alpha value is -2.34. The predicted molar refractivity (Wildman–Crippen MR) is 94.2 cm³/mol. The monoisotopic (exact) mass is 330 g/mol. The third-order valence-corrected chi connectivity index (χ3v) is 4.09. The Morgan fingerprint density at radius 3 is 2.62 bits per heavy atom. The number of aryl methyl sites for hydroxylation is 1. The van der Waals surface area contributed by atoms with E-state index in [9.17, 15) is 9.90 Å². The zero-order valence-corrected chi connectivity index (χ0v) is 14.8. The zero-order valence-electron chi connectivity index (χ0n) is 14.8. The van der Waals surface area contributed by atoms with E-state index >= 15 is 0 Å². The Morgan fingerprint density at radius 1 is 1.33 bits per heavy atom. The number of carbonyl (C=O) groups excluding carboxylic acids is 1. The zero-order chi connectivity index (χ0) is 17.7. The van der Waals surface area contributed by atoms with Crippen LogP contribution in [0.2, 0.25) is 0 Å². The number of urea groups is 1. The summed E-state index contributed by atoms with van der Waals surface area (Å²) >= 11 is 0. The molecular weight excluding hydrogens is 304 g/mol. The van der Waals surface area contributed by atoms with Crippen molar-refractivity contribution in [1.29, 1.82) is 0 Å². The maximum Gasteiger partial charge on any atom is 0.317 e. The van der Waals surface area contributed by atoms with Gasteiger partial charge in [-0.25, -0.2) is 9.48 Å². The molecule has 24 heavy (non-hydrogen) atoms. The Balaban J connectivity index is 2.03. The van der Waals surface area contributed by atoms with Gasteiger partial charge in [0, 0.05) is 31.4 Å². The van der Waals surface area contributed by atoms with E-state index in [2.05, 4.69) is 10.4 Å². The van der Waals surface area contributed by atoms with Gasteiger partial charge in [-0.1, -0.05) is 18.2 Å². The maximum absolute atomic E-state index is 12.1. The highest BCUT2D eigenvalue weighted by atomic mass is 16.3. The smallest absolute Gasteiger partial charge is 0.317 e. The Kier molecular flexibility index (Phi) is 5.98. The number of rotatable bonds is 6. The molecule has 0 aliphatic heterocycles. The van der Waals surface area contributed by atoms with Crippen LogP contribution >= 0.6 is 0 Å². The van der Waals surface area contributed by atoms with Gasteiger partial charge in [-0.3, -0.25) is 0 Å². The molecule has 0 bridgehead atoms. The third-order valence-electron chi connectivity index (χ3n) is 4.09. The van der Waals surface area contributed by atoms with Gasteiger partial charge in [0.25, 0.3) is 0 Å². The molecule has 2 amide bonds. The van der Waals surface area contributed by atoms with Gasteiger partial charge in [-0.05, 0) is 39.3 Å². The van der Waals surface area contributed by atoms with Gasteiger partial charge >= 0.3 is 6.03 Å². The molecule has 0 saturated carbocycles. The summed E-state index contributed by atoms with van der Waals surface area (Å²) in [5, 5.41) is 16.8. The number of para-hydroxylation sites is 1. The minimum Gasteiger partial charge on any atom is -0.393 e. The number of carbonyl (C=O) groups is 1. The summed E-state index contributed by atoms with van der Waals surface area (Å²) in [4.78, 5) is 13.7. The highest BCUT2D eigenvalue weighted by molar-refractivity contribution is 5.73. The van der Waals surface area contributed by atoms with Gasteiger partial charge in [0.15, 0.2) is 0 Å². The number of amides is 2. The number of aliphatic hydroxyl groups excluding tert-OH is 1. The van der Waals surface area contributed by atoms with Crippen molar-refractivity contribution in [3.05, 3.63) is 47.3 Å². The van der Waals surface area contributed by atoms with E-state index in [0.717, 1.165) is 22.6 Å². The lowest BCUT2D eigenvalue weighted by atomic mass is 10.2. The van der Waals surface area contributed by atoms with E-state index in [-0.39, 0.29) is 6.03 Å². The average molecular weight is 330 g/mol. The molecule has 2 N–H and O–H groups in total. The standard InChI is InChI=1S/C18H26N4O2/c1-13(23)10-11-21(4)18(24)19-12-17-14(2)20-22(15(17)3)16-8-6-5-7-9-16/h5-9,13,23H,10-12H2,1-4H3,(H,19,24). The quantitative estimate of drug-likeness (QED) is 0.854. The molecule has 0 spiro atoms. The minimum atomic E-state index is -0.408. The molecule has 6 heteroatoms. The van der Waals surface area contributed by atoms with Crippen molar-refractivity contribution >= 4 is 6.03 Å². The van der Waals surface area contributed by atoms with Gasteiger partial charge in [0.1, 0.15) is 0 Å². The first kappa shape index (κ1) is 18.0. The summed E-state index contributed by atoms with van der Waals surface area (Å²) < 4.78 is 1.90. The van der Waals surface area contributed by atoms with Gasteiger partial charge in [0.05, 0.1) is 17.5 Å². The van der Waals surface area contributed by atoms with E-state index in [1.165, 1.54) is 0 Å². The number of benzene rings is 1. The summed E-state index contributed by atoms with van der Waals surface area (Å²) in [5.41, 5.74) is 3.95. The SMILES string of the molecule is Cc1nn(-c2ccccc2)c(C)c1CNC(=O)N(C)CCC(C)O. The number of hydrogen-bond acceptors (Lipinski definition) is 3. The molecule has 6 nitrogen and oxygen atoms in total. The molecule has 1 unspecified atom stereocenters. The molecule has 1 atom stereocenters. The molecule has 1 aromatic heterocycles. The van der Waals surface area contributed by atoms with Crippen LogP contribution in [-0.2, 0) is 6.54 Å². The van der Waals surface area contributed by atoms with E-state index < -0.39 is 6.10 Å². The predicted octanol–water partition coefficient (Wildman–Crippen LogP) is 2.40. The molecule has 0 aliphatic carbocycles. The molecule has 0 fully saturated rings. The van der Waals surface area contributed by atoms with Crippen LogP contribution in [0.4, 0.5) is 4.79 Å². The number of aromatic nitrogens is 2. The van der Waals surface area contributed by atoms with Crippen LogP contribution in [0.3, 0.4) is 0 Å². The van der Waals surface area contributed by atoms with Crippen molar-refractivity contribution in [3.63, 3.8) is 0 Å². The molecular formula is C18H26N4O2. The molecule has 0 saturated heterocycles. The fraction of sp³-hybridized carbons (Fsp3) is 0.444. The average Bonchev–Trinajstić information content (AvgIpc) is 2.85.